The number of hydrogen-bond donors (Lipinski definition) is 1. The number of methoxy groups -OCH3 is 1. The number of aromatic nitrogens is 4. The SMILES string of the molecule is CC[C@H](C(=O)NC(C)(C)C)N(C(=O)Cn1nnc(-c2ccc(F)cc2)n1)c1cccc(OC)c1. The molecule has 9 nitrogen and oxygen atoms in total. The van der Waals surface area contributed by atoms with E-state index >= 15 is 0 Å². The van der Waals surface area contributed by atoms with Gasteiger partial charge in [-0.1, -0.05) is 13.0 Å². The Morgan fingerprint density at radius 1 is 1.18 bits per heavy atom. The van der Waals surface area contributed by atoms with Crippen LogP contribution < -0.4 is 15.0 Å². The Balaban J connectivity index is 1.91. The molecule has 0 aliphatic carbocycles. The van der Waals surface area contributed by atoms with Gasteiger partial charge in [-0.3, -0.25) is 14.5 Å². The Morgan fingerprint density at radius 2 is 1.88 bits per heavy atom. The third-order valence-electron chi connectivity index (χ3n) is 4.93. The van der Waals surface area contributed by atoms with Crippen molar-refractivity contribution in [2.45, 2.75) is 52.2 Å². The van der Waals surface area contributed by atoms with Gasteiger partial charge < -0.3 is 10.1 Å². The number of tetrazole rings is 1. The zero-order valence-electron chi connectivity index (χ0n) is 19.9. The molecule has 0 spiro atoms. The topological polar surface area (TPSA) is 102 Å². The molecule has 1 N–H and O–H groups in total. The molecule has 3 rings (SSSR count). The second-order valence-corrected chi connectivity index (χ2v) is 8.78. The lowest BCUT2D eigenvalue weighted by atomic mass is 10.1. The lowest BCUT2D eigenvalue weighted by Crippen LogP contribution is -2.54. The van der Waals surface area contributed by atoms with Crippen LogP contribution in [0.15, 0.2) is 48.5 Å². The summed E-state index contributed by atoms with van der Waals surface area (Å²) in [6, 6.07) is 11.8. The molecule has 1 aromatic heterocycles. The first kappa shape index (κ1) is 24.8. The second kappa shape index (κ2) is 10.4. The van der Waals surface area contributed by atoms with Gasteiger partial charge in [-0.15, -0.1) is 10.2 Å². The van der Waals surface area contributed by atoms with Gasteiger partial charge >= 0.3 is 0 Å². The van der Waals surface area contributed by atoms with Gasteiger partial charge in [0.2, 0.25) is 11.7 Å². The van der Waals surface area contributed by atoms with E-state index in [1.807, 2.05) is 27.7 Å². The van der Waals surface area contributed by atoms with Crippen molar-refractivity contribution in [3.8, 4) is 17.1 Å². The summed E-state index contributed by atoms with van der Waals surface area (Å²) in [5.74, 6) is -0.228. The second-order valence-electron chi connectivity index (χ2n) is 8.78. The molecule has 0 fully saturated rings. The van der Waals surface area contributed by atoms with E-state index < -0.39 is 17.5 Å². The third kappa shape index (κ3) is 6.15. The van der Waals surface area contributed by atoms with Crippen molar-refractivity contribution >= 4 is 17.5 Å². The van der Waals surface area contributed by atoms with Crippen molar-refractivity contribution in [1.29, 1.82) is 0 Å². The number of hydrogen-bond acceptors (Lipinski definition) is 6. The van der Waals surface area contributed by atoms with Crippen LogP contribution in [0.2, 0.25) is 0 Å². The van der Waals surface area contributed by atoms with E-state index in [9.17, 15) is 14.0 Å². The fraction of sp³-hybridized carbons (Fsp3) is 0.375. The molecule has 1 heterocycles. The number of halogens is 1. The summed E-state index contributed by atoms with van der Waals surface area (Å²) in [6.45, 7) is 7.24. The number of ether oxygens (including phenoxy) is 1. The molecule has 0 aliphatic heterocycles. The van der Waals surface area contributed by atoms with E-state index in [4.69, 9.17) is 4.74 Å². The van der Waals surface area contributed by atoms with Crippen LogP contribution >= 0.6 is 0 Å². The van der Waals surface area contributed by atoms with Crippen LogP contribution in [0.3, 0.4) is 0 Å². The molecule has 180 valence electrons. The number of carbonyl (C=O) groups excluding carboxylic acids is 2. The van der Waals surface area contributed by atoms with E-state index in [1.165, 1.54) is 36.3 Å². The van der Waals surface area contributed by atoms with E-state index in [2.05, 4.69) is 20.7 Å². The zero-order valence-corrected chi connectivity index (χ0v) is 19.9. The van der Waals surface area contributed by atoms with Crippen LogP contribution in [0, 0.1) is 5.82 Å². The number of nitrogens with zero attached hydrogens (tertiary/aromatic N) is 5. The first-order chi connectivity index (χ1) is 16.1. The number of nitrogens with one attached hydrogen (secondary N) is 1. The predicted molar refractivity (Wildman–Crippen MR) is 126 cm³/mol. The van der Waals surface area contributed by atoms with E-state index in [0.29, 0.717) is 23.4 Å². The van der Waals surface area contributed by atoms with Gasteiger partial charge in [0.25, 0.3) is 5.91 Å². The van der Waals surface area contributed by atoms with Crippen LogP contribution in [-0.2, 0) is 16.1 Å². The Morgan fingerprint density at radius 3 is 2.50 bits per heavy atom. The fourth-order valence-electron chi connectivity index (χ4n) is 3.42. The highest BCUT2D eigenvalue weighted by molar-refractivity contribution is 6.00. The molecule has 0 bridgehead atoms. The van der Waals surface area contributed by atoms with Crippen molar-refractivity contribution in [3.05, 3.63) is 54.3 Å². The minimum absolute atomic E-state index is 0.245. The maximum atomic E-state index is 13.5. The molecule has 3 aromatic rings. The first-order valence-electron chi connectivity index (χ1n) is 10.9. The number of amides is 2. The van der Waals surface area contributed by atoms with Crippen molar-refractivity contribution in [3.63, 3.8) is 0 Å². The maximum Gasteiger partial charge on any atom is 0.251 e. The maximum absolute atomic E-state index is 13.5. The molecule has 10 heteroatoms. The molecule has 34 heavy (non-hydrogen) atoms. The molecule has 2 amide bonds. The minimum Gasteiger partial charge on any atom is -0.497 e. The van der Waals surface area contributed by atoms with Crippen LogP contribution in [-0.4, -0.2) is 50.7 Å². The van der Waals surface area contributed by atoms with Crippen molar-refractivity contribution in [2.24, 2.45) is 0 Å². The monoisotopic (exact) mass is 468 g/mol. The standard InChI is InChI=1S/C24H29FN6O3/c1-6-20(23(33)26-24(2,3)4)31(18-8-7-9-19(14-18)34-5)21(32)15-30-28-22(27-29-30)16-10-12-17(25)13-11-16/h7-14,20H,6,15H2,1-5H3,(H,26,33)/t20-/m1/s1. The summed E-state index contributed by atoms with van der Waals surface area (Å²) < 4.78 is 18.5. The number of benzene rings is 2. The number of carbonyl (C=O) groups is 2. The predicted octanol–water partition coefficient (Wildman–Crippen LogP) is 3.21. The molecular formula is C24H29FN6O3. The van der Waals surface area contributed by atoms with Gasteiger partial charge in [-0.25, -0.2) is 4.39 Å². The molecule has 0 saturated heterocycles. The Labute approximate surface area is 197 Å². The van der Waals surface area contributed by atoms with Crippen molar-refractivity contribution in [1.82, 2.24) is 25.5 Å². The quantitative estimate of drug-likeness (QED) is 0.545. The Bertz CT molecular complexity index is 1140. The highest BCUT2D eigenvalue weighted by Gasteiger charge is 2.32. The van der Waals surface area contributed by atoms with Gasteiger partial charge in [0, 0.05) is 22.9 Å². The first-order valence-corrected chi connectivity index (χ1v) is 10.9. The van der Waals surface area contributed by atoms with Gasteiger partial charge in [0.15, 0.2) is 0 Å². The fourth-order valence-corrected chi connectivity index (χ4v) is 3.42. The molecule has 0 aliphatic rings. The van der Waals surface area contributed by atoms with Gasteiger partial charge in [0.1, 0.15) is 24.2 Å². The largest absolute Gasteiger partial charge is 0.497 e. The lowest BCUT2D eigenvalue weighted by molar-refractivity contribution is -0.128. The lowest BCUT2D eigenvalue weighted by Gasteiger charge is -2.33. The molecule has 1 atom stereocenters. The average Bonchev–Trinajstić information content (AvgIpc) is 3.24. The summed E-state index contributed by atoms with van der Waals surface area (Å²) in [7, 11) is 1.53. The third-order valence-corrected chi connectivity index (χ3v) is 4.93. The van der Waals surface area contributed by atoms with Gasteiger partial charge in [-0.05, 0) is 68.8 Å². The summed E-state index contributed by atoms with van der Waals surface area (Å²) in [6.07, 6.45) is 0.385. The molecule has 0 unspecified atom stereocenters. The summed E-state index contributed by atoms with van der Waals surface area (Å²) >= 11 is 0. The molecule has 2 aromatic carbocycles. The Hall–Kier alpha value is -3.82. The highest BCUT2D eigenvalue weighted by Crippen LogP contribution is 2.25. The van der Waals surface area contributed by atoms with E-state index in [0.717, 1.165) is 4.80 Å². The van der Waals surface area contributed by atoms with E-state index in [1.54, 1.807) is 24.3 Å². The highest BCUT2D eigenvalue weighted by atomic mass is 19.1. The summed E-state index contributed by atoms with van der Waals surface area (Å²) in [4.78, 5) is 29.2. The van der Waals surface area contributed by atoms with Gasteiger partial charge in [0.05, 0.1) is 7.11 Å². The van der Waals surface area contributed by atoms with E-state index in [-0.39, 0.29) is 24.1 Å². The summed E-state index contributed by atoms with van der Waals surface area (Å²) in [5.41, 5.74) is 0.616. The average molecular weight is 469 g/mol. The molecule has 0 radical (unpaired) electrons. The summed E-state index contributed by atoms with van der Waals surface area (Å²) in [5, 5.41) is 15.1. The van der Waals surface area contributed by atoms with Crippen LogP contribution in [0.5, 0.6) is 5.75 Å². The van der Waals surface area contributed by atoms with Crippen molar-refractivity contribution in [2.75, 3.05) is 12.0 Å². The normalized spacial score (nSPS) is 12.2. The van der Waals surface area contributed by atoms with Crippen molar-refractivity contribution < 1.29 is 18.7 Å². The molecular weight excluding hydrogens is 439 g/mol. The molecule has 0 saturated carbocycles. The van der Waals surface area contributed by atoms with Crippen LogP contribution in [0.4, 0.5) is 10.1 Å². The Kier molecular flexibility index (Phi) is 7.60. The number of rotatable bonds is 8. The minimum atomic E-state index is -0.765. The smallest absolute Gasteiger partial charge is 0.251 e. The van der Waals surface area contributed by atoms with Crippen LogP contribution in [0.25, 0.3) is 11.4 Å². The van der Waals surface area contributed by atoms with Crippen LogP contribution in [0.1, 0.15) is 34.1 Å². The number of anilines is 1. The van der Waals surface area contributed by atoms with Gasteiger partial charge in [-0.2, -0.15) is 4.80 Å². The zero-order chi connectivity index (χ0) is 24.9.